The predicted molar refractivity (Wildman–Crippen MR) is 82.7 cm³/mol. The maximum Gasteiger partial charge on any atom is 0.311 e. The number of carboxylic acid groups (broad SMARTS) is 1. The molecule has 0 saturated heterocycles. The highest BCUT2D eigenvalue weighted by atomic mass is 16.4. The summed E-state index contributed by atoms with van der Waals surface area (Å²) < 4.78 is 1.87. The lowest BCUT2D eigenvalue weighted by Crippen LogP contribution is -2.14. The summed E-state index contributed by atoms with van der Waals surface area (Å²) in [5, 5.41) is 9.58. The average Bonchev–Trinajstić information content (AvgIpc) is 3.01. The van der Waals surface area contributed by atoms with Crippen molar-refractivity contribution in [1.82, 2.24) is 9.55 Å². The van der Waals surface area contributed by atoms with Crippen LogP contribution in [0.4, 0.5) is 0 Å². The zero-order valence-electron chi connectivity index (χ0n) is 12.4. The van der Waals surface area contributed by atoms with Crippen LogP contribution in [-0.4, -0.2) is 20.6 Å². The van der Waals surface area contributed by atoms with E-state index in [0.717, 1.165) is 36.9 Å². The van der Waals surface area contributed by atoms with Gasteiger partial charge in [0, 0.05) is 12.4 Å². The van der Waals surface area contributed by atoms with E-state index in [2.05, 4.69) is 11.9 Å². The van der Waals surface area contributed by atoms with Crippen LogP contribution < -0.4 is 0 Å². The molecule has 0 aliphatic carbocycles. The van der Waals surface area contributed by atoms with Crippen LogP contribution in [0, 0.1) is 0 Å². The van der Waals surface area contributed by atoms with Crippen molar-refractivity contribution in [3.63, 3.8) is 0 Å². The van der Waals surface area contributed by atoms with Crippen molar-refractivity contribution in [2.45, 2.75) is 44.9 Å². The van der Waals surface area contributed by atoms with Crippen molar-refractivity contribution in [2.75, 3.05) is 0 Å². The molecule has 2 aromatic rings. The number of imidazole rings is 1. The Hall–Kier alpha value is -2.10. The first-order chi connectivity index (χ1) is 10.2. The molecular formula is C17H22N2O2. The van der Waals surface area contributed by atoms with Crippen LogP contribution in [0.15, 0.2) is 43.0 Å². The van der Waals surface area contributed by atoms with Gasteiger partial charge in [-0.1, -0.05) is 50.8 Å². The zero-order valence-corrected chi connectivity index (χ0v) is 12.4. The number of aromatic nitrogens is 2. The first-order valence-electron chi connectivity index (χ1n) is 7.54. The van der Waals surface area contributed by atoms with Crippen molar-refractivity contribution >= 4 is 5.97 Å². The lowest BCUT2D eigenvalue weighted by molar-refractivity contribution is -0.139. The van der Waals surface area contributed by atoms with Gasteiger partial charge in [0.05, 0.1) is 17.9 Å². The molecule has 0 bridgehead atoms. The van der Waals surface area contributed by atoms with Crippen molar-refractivity contribution in [3.8, 4) is 5.69 Å². The van der Waals surface area contributed by atoms with E-state index in [0.29, 0.717) is 6.42 Å². The minimum atomic E-state index is -0.751. The second-order valence-electron chi connectivity index (χ2n) is 5.27. The van der Waals surface area contributed by atoms with E-state index in [9.17, 15) is 9.90 Å². The van der Waals surface area contributed by atoms with Crippen LogP contribution in [0.25, 0.3) is 5.69 Å². The molecule has 1 aromatic carbocycles. The highest BCUT2D eigenvalue weighted by molar-refractivity contribution is 5.77. The molecule has 21 heavy (non-hydrogen) atoms. The molecule has 0 saturated carbocycles. The second-order valence-corrected chi connectivity index (χ2v) is 5.27. The van der Waals surface area contributed by atoms with Crippen LogP contribution in [0.5, 0.6) is 0 Å². The minimum absolute atomic E-state index is 0.458. The molecule has 2 rings (SSSR count). The number of carbonyl (C=O) groups is 1. The number of nitrogens with zero attached hydrogens (tertiary/aromatic N) is 2. The fraction of sp³-hybridized carbons (Fsp3) is 0.412. The van der Waals surface area contributed by atoms with E-state index in [1.807, 2.05) is 35.0 Å². The van der Waals surface area contributed by atoms with Gasteiger partial charge >= 0.3 is 5.97 Å². The monoisotopic (exact) mass is 286 g/mol. The Balaban J connectivity index is 2.22. The Kier molecular flexibility index (Phi) is 5.55. The summed E-state index contributed by atoms with van der Waals surface area (Å²) in [6.07, 6.45) is 10.3. The molecule has 0 aliphatic heterocycles. The molecule has 1 heterocycles. The Labute approximate surface area is 125 Å². The average molecular weight is 286 g/mol. The van der Waals surface area contributed by atoms with Crippen LogP contribution in [-0.2, 0) is 4.79 Å². The normalized spacial score (nSPS) is 12.2. The summed E-state index contributed by atoms with van der Waals surface area (Å²) in [6.45, 7) is 2.16. The molecule has 4 heteroatoms. The second kappa shape index (κ2) is 7.62. The summed E-state index contributed by atoms with van der Waals surface area (Å²) in [4.78, 5) is 15.7. The maximum atomic E-state index is 11.7. The summed E-state index contributed by atoms with van der Waals surface area (Å²) in [5.74, 6) is -1.21. The fourth-order valence-corrected chi connectivity index (χ4v) is 2.61. The number of hydrogen-bond donors (Lipinski definition) is 1. The molecule has 0 fully saturated rings. The van der Waals surface area contributed by atoms with Gasteiger partial charge in [-0.15, -0.1) is 0 Å². The van der Waals surface area contributed by atoms with E-state index >= 15 is 0 Å². The van der Waals surface area contributed by atoms with Crippen molar-refractivity contribution < 1.29 is 9.90 Å². The number of benzene rings is 1. The maximum absolute atomic E-state index is 11.7. The summed E-state index contributed by atoms with van der Waals surface area (Å²) in [7, 11) is 0. The van der Waals surface area contributed by atoms with Gasteiger partial charge in [-0.05, 0) is 18.1 Å². The molecule has 112 valence electrons. The molecule has 1 atom stereocenters. The summed E-state index contributed by atoms with van der Waals surface area (Å²) in [5.41, 5.74) is 1.76. The molecule has 4 nitrogen and oxygen atoms in total. The van der Waals surface area contributed by atoms with Crippen LogP contribution >= 0.6 is 0 Å². The standard InChI is InChI=1S/C17H22N2O2/c1-2-3-4-5-9-15(17(20)21)14-8-6-7-10-16(14)19-12-11-18-13-19/h6-8,10-13,15H,2-5,9H2,1H3,(H,20,21). The van der Waals surface area contributed by atoms with E-state index in [1.165, 1.54) is 0 Å². The Morgan fingerprint density at radius 1 is 1.29 bits per heavy atom. The minimum Gasteiger partial charge on any atom is -0.481 e. The third-order valence-corrected chi connectivity index (χ3v) is 3.74. The largest absolute Gasteiger partial charge is 0.481 e. The smallest absolute Gasteiger partial charge is 0.311 e. The molecule has 1 N–H and O–H groups in total. The Morgan fingerprint density at radius 3 is 2.76 bits per heavy atom. The number of unbranched alkanes of at least 4 members (excludes halogenated alkanes) is 3. The quantitative estimate of drug-likeness (QED) is 0.746. The van der Waals surface area contributed by atoms with Crippen LogP contribution in [0.1, 0.15) is 50.5 Å². The van der Waals surface area contributed by atoms with Crippen LogP contribution in [0.3, 0.4) is 0 Å². The predicted octanol–water partition coefficient (Wildman–Crippen LogP) is 4.01. The zero-order chi connectivity index (χ0) is 15.1. The van der Waals surface area contributed by atoms with Crippen molar-refractivity contribution in [3.05, 3.63) is 48.5 Å². The lowest BCUT2D eigenvalue weighted by atomic mass is 9.91. The molecule has 1 aromatic heterocycles. The van der Waals surface area contributed by atoms with Gasteiger partial charge in [-0.25, -0.2) is 4.98 Å². The van der Waals surface area contributed by atoms with Crippen molar-refractivity contribution in [2.24, 2.45) is 0 Å². The van der Waals surface area contributed by atoms with Gasteiger partial charge in [0.1, 0.15) is 0 Å². The third-order valence-electron chi connectivity index (χ3n) is 3.74. The SMILES string of the molecule is CCCCCCC(C(=O)O)c1ccccc1-n1ccnc1. The van der Waals surface area contributed by atoms with Gasteiger partial charge in [0.25, 0.3) is 0 Å². The van der Waals surface area contributed by atoms with Gasteiger partial charge in [-0.3, -0.25) is 4.79 Å². The first kappa shape index (κ1) is 15.3. The molecule has 1 unspecified atom stereocenters. The molecule has 0 aliphatic rings. The fourth-order valence-electron chi connectivity index (χ4n) is 2.61. The molecule has 0 radical (unpaired) electrons. The Bertz CT molecular complexity index is 564. The number of para-hydroxylation sites is 1. The highest BCUT2D eigenvalue weighted by Gasteiger charge is 2.22. The van der Waals surface area contributed by atoms with Gasteiger partial charge in [0.15, 0.2) is 0 Å². The molecular weight excluding hydrogens is 264 g/mol. The lowest BCUT2D eigenvalue weighted by Gasteiger charge is -2.17. The topological polar surface area (TPSA) is 55.1 Å². The van der Waals surface area contributed by atoms with Gasteiger partial charge in [-0.2, -0.15) is 0 Å². The summed E-state index contributed by atoms with van der Waals surface area (Å²) in [6, 6.07) is 7.68. The molecule has 0 spiro atoms. The number of rotatable bonds is 8. The first-order valence-corrected chi connectivity index (χ1v) is 7.54. The number of hydrogen-bond acceptors (Lipinski definition) is 2. The van der Waals surface area contributed by atoms with Gasteiger partial charge < -0.3 is 9.67 Å². The third kappa shape index (κ3) is 3.94. The highest BCUT2D eigenvalue weighted by Crippen LogP contribution is 2.28. The number of carboxylic acids is 1. The van der Waals surface area contributed by atoms with Crippen molar-refractivity contribution in [1.29, 1.82) is 0 Å². The number of aliphatic carboxylic acids is 1. The van der Waals surface area contributed by atoms with Crippen LogP contribution in [0.2, 0.25) is 0 Å². The van der Waals surface area contributed by atoms with E-state index < -0.39 is 11.9 Å². The molecule has 0 amide bonds. The van der Waals surface area contributed by atoms with E-state index in [4.69, 9.17) is 0 Å². The van der Waals surface area contributed by atoms with E-state index in [-0.39, 0.29) is 0 Å². The summed E-state index contributed by atoms with van der Waals surface area (Å²) >= 11 is 0. The van der Waals surface area contributed by atoms with Gasteiger partial charge in [0.2, 0.25) is 0 Å². The van der Waals surface area contributed by atoms with E-state index in [1.54, 1.807) is 12.5 Å². The Morgan fingerprint density at radius 2 is 2.10 bits per heavy atom.